The topological polar surface area (TPSA) is 150 Å². The molecule has 0 aliphatic heterocycles. The van der Waals surface area contributed by atoms with Gasteiger partial charge in [0.05, 0.1) is 16.2 Å². The Morgan fingerprint density at radius 3 is 2.41 bits per heavy atom. The van der Waals surface area contributed by atoms with Crippen molar-refractivity contribution in [1.82, 2.24) is 19.5 Å². The standard InChI is InChI=1S/C18H11ClN6O4/c19-9-5-7-10(8-6-9)24-15(20)13-14(22-18(24)27)17(26)23-16(21-13)11-3-1-2-4-12(11)25(28)29/h1-8H,20H2,(H,21,23,26). The molecule has 3 N–H and O–H groups in total. The number of nitro groups is 1. The zero-order valence-corrected chi connectivity index (χ0v) is 15.3. The van der Waals surface area contributed by atoms with Crippen molar-refractivity contribution < 1.29 is 4.92 Å². The maximum atomic E-state index is 12.5. The molecule has 2 heterocycles. The molecule has 29 heavy (non-hydrogen) atoms. The number of fused-ring (bicyclic) bond motifs is 1. The number of anilines is 1. The number of H-pyrrole nitrogens is 1. The average Bonchev–Trinajstić information content (AvgIpc) is 2.70. The van der Waals surface area contributed by atoms with Crippen LogP contribution >= 0.6 is 11.6 Å². The van der Waals surface area contributed by atoms with Crippen molar-refractivity contribution in [3.05, 3.63) is 84.5 Å². The van der Waals surface area contributed by atoms with Crippen LogP contribution in [-0.2, 0) is 0 Å². The van der Waals surface area contributed by atoms with E-state index in [1.54, 1.807) is 30.3 Å². The molecule has 0 aliphatic carbocycles. The zero-order valence-electron chi connectivity index (χ0n) is 14.5. The van der Waals surface area contributed by atoms with E-state index in [4.69, 9.17) is 17.3 Å². The van der Waals surface area contributed by atoms with Gasteiger partial charge in [0.25, 0.3) is 11.2 Å². The second-order valence-corrected chi connectivity index (χ2v) is 6.41. The Labute approximate surface area is 166 Å². The van der Waals surface area contributed by atoms with Crippen LogP contribution < -0.4 is 17.0 Å². The number of nitro benzene ring substituents is 1. The lowest BCUT2D eigenvalue weighted by molar-refractivity contribution is -0.384. The van der Waals surface area contributed by atoms with Crippen LogP contribution in [0.5, 0.6) is 0 Å². The van der Waals surface area contributed by atoms with Gasteiger partial charge in [-0.3, -0.25) is 14.9 Å². The molecule has 0 aliphatic rings. The molecule has 2 aromatic heterocycles. The molecule has 0 radical (unpaired) electrons. The number of nitrogen functional groups attached to an aromatic ring is 1. The van der Waals surface area contributed by atoms with Crippen LogP contribution in [0.25, 0.3) is 28.1 Å². The first-order chi connectivity index (χ1) is 13.9. The van der Waals surface area contributed by atoms with Crippen molar-refractivity contribution in [2.45, 2.75) is 0 Å². The molecule has 4 aromatic rings. The van der Waals surface area contributed by atoms with Gasteiger partial charge in [0.1, 0.15) is 17.2 Å². The number of nitrogens with two attached hydrogens (primary N) is 1. The van der Waals surface area contributed by atoms with Crippen LogP contribution in [-0.4, -0.2) is 24.4 Å². The number of halogens is 1. The van der Waals surface area contributed by atoms with Gasteiger partial charge in [-0.15, -0.1) is 0 Å². The molecule has 0 unspecified atom stereocenters. The van der Waals surface area contributed by atoms with Crippen LogP contribution in [0.1, 0.15) is 0 Å². The first kappa shape index (κ1) is 18.3. The molecule has 144 valence electrons. The molecular formula is C18H11ClN6O4. The third kappa shape index (κ3) is 3.11. The predicted molar refractivity (Wildman–Crippen MR) is 107 cm³/mol. The largest absolute Gasteiger partial charge is 0.383 e. The van der Waals surface area contributed by atoms with Crippen molar-refractivity contribution in [2.24, 2.45) is 0 Å². The van der Waals surface area contributed by atoms with Gasteiger partial charge in [-0.25, -0.2) is 14.3 Å². The van der Waals surface area contributed by atoms with Gasteiger partial charge < -0.3 is 10.7 Å². The van der Waals surface area contributed by atoms with E-state index < -0.39 is 16.2 Å². The number of aromatic amines is 1. The first-order valence-corrected chi connectivity index (χ1v) is 8.57. The summed E-state index contributed by atoms with van der Waals surface area (Å²) in [5.41, 5.74) is 4.54. The van der Waals surface area contributed by atoms with E-state index >= 15 is 0 Å². The molecule has 0 saturated carbocycles. The third-order valence-corrected chi connectivity index (χ3v) is 4.47. The molecule has 10 nitrogen and oxygen atoms in total. The Balaban J connectivity index is 2.03. The molecule has 2 aromatic carbocycles. The van der Waals surface area contributed by atoms with E-state index in [9.17, 15) is 19.7 Å². The highest BCUT2D eigenvalue weighted by atomic mass is 35.5. The highest BCUT2D eigenvalue weighted by Crippen LogP contribution is 2.27. The Bertz CT molecular complexity index is 1390. The van der Waals surface area contributed by atoms with Gasteiger partial charge >= 0.3 is 5.69 Å². The fourth-order valence-electron chi connectivity index (χ4n) is 2.90. The average molecular weight is 411 g/mol. The molecule has 4 rings (SSSR count). The van der Waals surface area contributed by atoms with E-state index in [0.29, 0.717) is 10.7 Å². The number of hydrogen-bond donors (Lipinski definition) is 2. The van der Waals surface area contributed by atoms with E-state index in [-0.39, 0.29) is 33.9 Å². The second-order valence-electron chi connectivity index (χ2n) is 5.98. The maximum Gasteiger partial charge on any atom is 0.354 e. The van der Waals surface area contributed by atoms with Crippen LogP contribution in [0.2, 0.25) is 5.02 Å². The van der Waals surface area contributed by atoms with Crippen molar-refractivity contribution in [3.8, 4) is 17.1 Å². The predicted octanol–water partition coefficient (Wildman–Crippen LogP) is 2.28. The fourth-order valence-corrected chi connectivity index (χ4v) is 3.03. The molecule has 0 spiro atoms. The molecule has 0 bridgehead atoms. The van der Waals surface area contributed by atoms with Crippen molar-refractivity contribution >= 4 is 34.1 Å². The number of hydrogen-bond acceptors (Lipinski definition) is 7. The molecule has 11 heteroatoms. The van der Waals surface area contributed by atoms with Gasteiger partial charge in [-0.2, -0.15) is 4.98 Å². The minimum absolute atomic E-state index is 0.0588. The van der Waals surface area contributed by atoms with Gasteiger partial charge in [0.2, 0.25) is 0 Å². The smallest absolute Gasteiger partial charge is 0.354 e. The number of rotatable bonds is 3. The molecule has 0 saturated heterocycles. The van der Waals surface area contributed by atoms with Crippen molar-refractivity contribution in [1.29, 1.82) is 0 Å². The number of benzene rings is 2. The van der Waals surface area contributed by atoms with E-state index in [2.05, 4.69) is 15.0 Å². The second kappa shape index (κ2) is 6.84. The summed E-state index contributed by atoms with van der Waals surface area (Å²) in [6.45, 7) is 0. The van der Waals surface area contributed by atoms with Gasteiger partial charge in [-0.1, -0.05) is 23.7 Å². The number of nitrogens with one attached hydrogen (secondary N) is 1. The summed E-state index contributed by atoms with van der Waals surface area (Å²) < 4.78 is 1.08. The molecule has 0 amide bonds. The monoisotopic (exact) mass is 410 g/mol. The Morgan fingerprint density at radius 2 is 1.72 bits per heavy atom. The summed E-state index contributed by atoms with van der Waals surface area (Å²) >= 11 is 5.88. The minimum atomic E-state index is -0.775. The van der Waals surface area contributed by atoms with Gasteiger partial charge in [-0.05, 0) is 30.3 Å². The summed E-state index contributed by atoms with van der Waals surface area (Å²) in [4.78, 5) is 46.2. The van der Waals surface area contributed by atoms with Gasteiger partial charge in [0, 0.05) is 11.1 Å². The van der Waals surface area contributed by atoms with E-state index in [1.165, 1.54) is 18.2 Å². The lowest BCUT2D eigenvalue weighted by atomic mass is 10.1. The Kier molecular flexibility index (Phi) is 4.32. The number of aromatic nitrogens is 4. The third-order valence-electron chi connectivity index (χ3n) is 4.22. The summed E-state index contributed by atoms with van der Waals surface area (Å²) in [7, 11) is 0. The minimum Gasteiger partial charge on any atom is -0.383 e. The van der Waals surface area contributed by atoms with Gasteiger partial charge in [0.15, 0.2) is 5.52 Å². The highest BCUT2D eigenvalue weighted by Gasteiger charge is 2.20. The van der Waals surface area contributed by atoms with Crippen LogP contribution in [0.15, 0.2) is 58.1 Å². The number of para-hydroxylation sites is 1. The van der Waals surface area contributed by atoms with E-state index in [0.717, 1.165) is 4.57 Å². The summed E-state index contributed by atoms with van der Waals surface area (Å²) in [6.07, 6.45) is 0. The first-order valence-electron chi connectivity index (χ1n) is 8.19. The van der Waals surface area contributed by atoms with Crippen molar-refractivity contribution in [3.63, 3.8) is 0 Å². The molecule has 0 atom stereocenters. The summed E-state index contributed by atoms with van der Waals surface area (Å²) in [5.74, 6) is -0.196. The Hall–Kier alpha value is -4.05. The maximum absolute atomic E-state index is 12.5. The highest BCUT2D eigenvalue weighted by molar-refractivity contribution is 6.30. The van der Waals surface area contributed by atoms with Crippen LogP contribution in [0.4, 0.5) is 11.5 Å². The summed E-state index contributed by atoms with van der Waals surface area (Å²) in [5, 5.41) is 11.8. The van der Waals surface area contributed by atoms with Crippen LogP contribution in [0, 0.1) is 10.1 Å². The van der Waals surface area contributed by atoms with Crippen LogP contribution in [0.3, 0.4) is 0 Å². The van der Waals surface area contributed by atoms with Crippen molar-refractivity contribution in [2.75, 3.05) is 5.73 Å². The molecule has 0 fully saturated rings. The lowest BCUT2D eigenvalue weighted by Crippen LogP contribution is -2.27. The summed E-state index contributed by atoms with van der Waals surface area (Å²) in [6, 6.07) is 12.1. The lowest BCUT2D eigenvalue weighted by Gasteiger charge is -2.11. The Morgan fingerprint density at radius 1 is 1.03 bits per heavy atom. The zero-order chi connectivity index (χ0) is 20.7. The quantitative estimate of drug-likeness (QED) is 0.388. The SMILES string of the molecule is Nc1c2nc(-c3ccccc3[N+](=O)[O-])[nH]c(=O)c2nc(=O)n1-c1ccc(Cl)cc1. The normalized spacial score (nSPS) is 10.9. The fraction of sp³-hybridized carbons (Fsp3) is 0. The molecular weight excluding hydrogens is 400 g/mol. The number of nitrogens with zero attached hydrogens (tertiary/aromatic N) is 4. The van der Waals surface area contributed by atoms with E-state index in [1.807, 2.05) is 0 Å².